The lowest BCUT2D eigenvalue weighted by atomic mass is 10.1. The van der Waals surface area contributed by atoms with Gasteiger partial charge in [-0.2, -0.15) is 5.10 Å². The summed E-state index contributed by atoms with van der Waals surface area (Å²) in [6.45, 7) is 4.41. The summed E-state index contributed by atoms with van der Waals surface area (Å²) in [7, 11) is 1.99. The lowest BCUT2D eigenvalue weighted by molar-refractivity contribution is 0.625. The van der Waals surface area contributed by atoms with Crippen LogP contribution in [0.1, 0.15) is 31.9 Å². The molecular weight excluding hydrogens is 124 g/mol. The van der Waals surface area contributed by atoms with E-state index in [2.05, 4.69) is 25.0 Å². The Morgan fingerprint density at radius 2 is 2.40 bits per heavy atom. The predicted octanol–water partition coefficient (Wildman–Crippen LogP) is 1.93. The Morgan fingerprint density at radius 3 is 2.80 bits per heavy atom. The smallest absolute Gasteiger partial charge is 0.0492 e. The van der Waals surface area contributed by atoms with Crippen LogP contribution in [0.15, 0.2) is 12.3 Å². The minimum absolute atomic E-state index is 0.632. The molecule has 0 amide bonds. The second-order valence-electron chi connectivity index (χ2n) is 2.69. The van der Waals surface area contributed by atoms with Crippen molar-refractivity contribution in [1.82, 2.24) is 9.78 Å². The van der Waals surface area contributed by atoms with Crippen LogP contribution >= 0.6 is 0 Å². The standard InChI is InChI=1S/C8H14N2/c1-4-7(2)8-5-6-9-10(8)3/h5-7H,4H2,1-3H3/t7-/m1/s1. The Hall–Kier alpha value is -0.790. The molecule has 2 nitrogen and oxygen atoms in total. The molecule has 0 radical (unpaired) electrons. The Morgan fingerprint density at radius 1 is 1.70 bits per heavy atom. The molecule has 0 fully saturated rings. The van der Waals surface area contributed by atoms with Gasteiger partial charge in [0.05, 0.1) is 0 Å². The van der Waals surface area contributed by atoms with Crippen molar-refractivity contribution in [2.24, 2.45) is 7.05 Å². The second kappa shape index (κ2) is 2.86. The minimum atomic E-state index is 0.632. The van der Waals surface area contributed by atoms with Crippen LogP contribution in [-0.4, -0.2) is 9.78 Å². The van der Waals surface area contributed by atoms with Crippen molar-refractivity contribution in [3.8, 4) is 0 Å². The van der Waals surface area contributed by atoms with E-state index in [9.17, 15) is 0 Å². The SMILES string of the molecule is CC[C@@H](C)c1ccnn1C. The Kier molecular flexibility index (Phi) is 2.10. The number of aromatic nitrogens is 2. The molecule has 0 aliphatic carbocycles. The second-order valence-corrected chi connectivity index (χ2v) is 2.69. The summed E-state index contributed by atoms with van der Waals surface area (Å²) < 4.78 is 1.94. The largest absolute Gasteiger partial charge is 0.272 e. The fraction of sp³-hybridized carbons (Fsp3) is 0.625. The first-order valence-electron chi connectivity index (χ1n) is 3.73. The molecular formula is C8H14N2. The van der Waals surface area contributed by atoms with Crippen molar-refractivity contribution >= 4 is 0 Å². The quantitative estimate of drug-likeness (QED) is 0.610. The molecule has 0 spiro atoms. The van der Waals surface area contributed by atoms with E-state index in [0.717, 1.165) is 0 Å². The first-order valence-corrected chi connectivity index (χ1v) is 3.73. The first kappa shape index (κ1) is 7.32. The van der Waals surface area contributed by atoms with Crippen LogP contribution in [0.25, 0.3) is 0 Å². The zero-order valence-corrected chi connectivity index (χ0v) is 6.83. The molecule has 0 saturated heterocycles. The van der Waals surface area contributed by atoms with Crippen molar-refractivity contribution < 1.29 is 0 Å². The minimum Gasteiger partial charge on any atom is -0.272 e. The maximum Gasteiger partial charge on any atom is 0.0492 e. The van der Waals surface area contributed by atoms with Gasteiger partial charge in [0.1, 0.15) is 0 Å². The van der Waals surface area contributed by atoms with E-state index in [-0.39, 0.29) is 0 Å². The molecule has 0 unspecified atom stereocenters. The van der Waals surface area contributed by atoms with Gasteiger partial charge in [0.15, 0.2) is 0 Å². The maximum absolute atomic E-state index is 4.10. The summed E-state index contributed by atoms with van der Waals surface area (Å²) in [6.07, 6.45) is 3.03. The Bertz CT molecular complexity index is 203. The van der Waals surface area contributed by atoms with Gasteiger partial charge in [-0.15, -0.1) is 0 Å². The van der Waals surface area contributed by atoms with Crippen molar-refractivity contribution in [2.75, 3.05) is 0 Å². The lowest BCUT2D eigenvalue weighted by Crippen LogP contribution is -2.01. The van der Waals surface area contributed by atoms with E-state index in [1.54, 1.807) is 0 Å². The van der Waals surface area contributed by atoms with Crippen LogP contribution in [0.4, 0.5) is 0 Å². The van der Waals surface area contributed by atoms with Gasteiger partial charge >= 0.3 is 0 Å². The third kappa shape index (κ3) is 1.20. The van der Waals surface area contributed by atoms with E-state index < -0.39 is 0 Å². The van der Waals surface area contributed by atoms with Crippen LogP contribution in [0.5, 0.6) is 0 Å². The molecule has 1 heterocycles. The van der Waals surface area contributed by atoms with Gasteiger partial charge < -0.3 is 0 Å². The van der Waals surface area contributed by atoms with Gasteiger partial charge in [-0.05, 0) is 18.4 Å². The average molecular weight is 138 g/mol. The highest BCUT2D eigenvalue weighted by molar-refractivity contribution is 5.05. The van der Waals surface area contributed by atoms with Crippen molar-refractivity contribution in [3.05, 3.63) is 18.0 Å². The Labute approximate surface area is 61.9 Å². The summed E-state index contributed by atoms with van der Waals surface area (Å²) in [4.78, 5) is 0. The van der Waals surface area contributed by atoms with E-state index >= 15 is 0 Å². The van der Waals surface area contributed by atoms with Gasteiger partial charge in [0, 0.05) is 18.9 Å². The normalized spacial score (nSPS) is 13.5. The fourth-order valence-electron chi connectivity index (χ4n) is 1.08. The average Bonchev–Trinajstić information content (AvgIpc) is 2.34. The van der Waals surface area contributed by atoms with Crippen LogP contribution in [-0.2, 0) is 7.05 Å². The van der Waals surface area contributed by atoms with Gasteiger partial charge in [0.25, 0.3) is 0 Å². The number of hydrogen-bond donors (Lipinski definition) is 0. The molecule has 1 atom stereocenters. The predicted molar refractivity (Wildman–Crippen MR) is 41.9 cm³/mol. The van der Waals surface area contributed by atoms with Gasteiger partial charge in [-0.3, -0.25) is 4.68 Å². The molecule has 0 aromatic carbocycles. The molecule has 2 heteroatoms. The highest BCUT2D eigenvalue weighted by Gasteiger charge is 2.05. The van der Waals surface area contributed by atoms with Crippen LogP contribution in [0.2, 0.25) is 0 Å². The third-order valence-corrected chi connectivity index (χ3v) is 1.98. The van der Waals surface area contributed by atoms with E-state index in [1.807, 2.05) is 17.9 Å². The Balaban J connectivity index is 2.82. The maximum atomic E-state index is 4.10. The molecule has 1 rings (SSSR count). The summed E-state index contributed by atoms with van der Waals surface area (Å²) in [5.74, 6) is 0.632. The first-order chi connectivity index (χ1) is 4.75. The zero-order chi connectivity index (χ0) is 7.56. The third-order valence-electron chi connectivity index (χ3n) is 1.98. The summed E-state index contributed by atoms with van der Waals surface area (Å²) in [6, 6.07) is 2.08. The molecule has 0 aliphatic rings. The van der Waals surface area contributed by atoms with Gasteiger partial charge in [0.2, 0.25) is 0 Å². The highest BCUT2D eigenvalue weighted by Crippen LogP contribution is 2.16. The molecule has 0 aliphatic heterocycles. The van der Waals surface area contributed by atoms with Crippen molar-refractivity contribution in [1.29, 1.82) is 0 Å². The highest BCUT2D eigenvalue weighted by atomic mass is 15.3. The summed E-state index contributed by atoms with van der Waals surface area (Å²) in [5.41, 5.74) is 1.32. The fourth-order valence-corrected chi connectivity index (χ4v) is 1.08. The number of nitrogens with zero attached hydrogens (tertiary/aromatic N) is 2. The molecule has 1 aromatic rings. The number of rotatable bonds is 2. The summed E-state index contributed by atoms with van der Waals surface area (Å²) in [5, 5.41) is 4.10. The van der Waals surface area contributed by atoms with Crippen LogP contribution in [0, 0.1) is 0 Å². The van der Waals surface area contributed by atoms with E-state index in [4.69, 9.17) is 0 Å². The number of aryl methyl sites for hydroxylation is 1. The zero-order valence-electron chi connectivity index (χ0n) is 6.83. The van der Waals surface area contributed by atoms with Crippen molar-refractivity contribution in [2.45, 2.75) is 26.2 Å². The number of hydrogen-bond acceptors (Lipinski definition) is 1. The van der Waals surface area contributed by atoms with Crippen LogP contribution < -0.4 is 0 Å². The summed E-state index contributed by atoms with van der Waals surface area (Å²) >= 11 is 0. The molecule has 56 valence electrons. The molecule has 10 heavy (non-hydrogen) atoms. The van der Waals surface area contributed by atoms with Crippen molar-refractivity contribution in [3.63, 3.8) is 0 Å². The molecule has 0 bridgehead atoms. The van der Waals surface area contributed by atoms with Gasteiger partial charge in [-0.25, -0.2) is 0 Å². The topological polar surface area (TPSA) is 17.8 Å². The van der Waals surface area contributed by atoms with Crippen LogP contribution in [0.3, 0.4) is 0 Å². The van der Waals surface area contributed by atoms with E-state index in [0.29, 0.717) is 5.92 Å². The van der Waals surface area contributed by atoms with Gasteiger partial charge in [-0.1, -0.05) is 13.8 Å². The van der Waals surface area contributed by atoms with E-state index in [1.165, 1.54) is 12.1 Å². The molecule has 1 aromatic heterocycles. The monoisotopic (exact) mass is 138 g/mol. The molecule has 0 N–H and O–H groups in total. The molecule has 0 saturated carbocycles. The lowest BCUT2D eigenvalue weighted by Gasteiger charge is -2.07.